The molecule has 4 rings (SSSR count). The van der Waals surface area contributed by atoms with Crippen molar-refractivity contribution in [1.82, 2.24) is 9.88 Å². The van der Waals surface area contributed by atoms with Gasteiger partial charge in [0.15, 0.2) is 0 Å². The Bertz CT molecular complexity index is 876. The molecule has 0 bridgehead atoms. The van der Waals surface area contributed by atoms with Gasteiger partial charge in [-0.25, -0.2) is 4.98 Å². The van der Waals surface area contributed by atoms with Crippen LogP contribution in [-0.4, -0.2) is 35.5 Å². The van der Waals surface area contributed by atoms with E-state index in [9.17, 15) is 4.79 Å². The first-order valence-electron chi connectivity index (χ1n) is 10.1. The number of ether oxygens (including phenoxy) is 1. The number of likely N-dealkylation sites (tertiary alicyclic amines) is 1. The van der Waals surface area contributed by atoms with Gasteiger partial charge in [0, 0.05) is 19.5 Å². The zero-order chi connectivity index (χ0) is 19.2. The van der Waals surface area contributed by atoms with Crippen molar-refractivity contribution in [3.63, 3.8) is 0 Å². The molecule has 1 unspecified atom stereocenters. The van der Waals surface area contributed by atoms with Gasteiger partial charge in [-0.2, -0.15) is 0 Å². The van der Waals surface area contributed by atoms with Crippen molar-refractivity contribution in [1.29, 1.82) is 0 Å². The summed E-state index contributed by atoms with van der Waals surface area (Å²) >= 11 is 1.74. The van der Waals surface area contributed by atoms with Gasteiger partial charge in [-0.05, 0) is 55.9 Å². The van der Waals surface area contributed by atoms with Crippen molar-refractivity contribution in [2.45, 2.75) is 32.1 Å². The number of thiazole rings is 1. The van der Waals surface area contributed by atoms with E-state index >= 15 is 0 Å². The number of hydrogen-bond donors (Lipinski definition) is 0. The molecule has 1 aliphatic rings. The van der Waals surface area contributed by atoms with Crippen LogP contribution in [0.3, 0.4) is 0 Å². The van der Waals surface area contributed by atoms with Gasteiger partial charge >= 0.3 is 0 Å². The highest BCUT2D eigenvalue weighted by atomic mass is 32.1. The summed E-state index contributed by atoms with van der Waals surface area (Å²) in [4.78, 5) is 19.2. The van der Waals surface area contributed by atoms with Crippen LogP contribution in [0.2, 0.25) is 0 Å². The third kappa shape index (κ3) is 4.90. The molecule has 5 heteroatoms. The summed E-state index contributed by atoms with van der Waals surface area (Å²) in [5.41, 5.74) is 1.06. The van der Waals surface area contributed by atoms with Crippen molar-refractivity contribution < 1.29 is 9.53 Å². The molecule has 2 heterocycles. The maximum absolute atomic E-state index is 12.5. The monoisotopic (exact) mass is 394 g/mol. The van der Waals surface area contributed by atoms with E-state index in [1.54, 1.807) is 11.3 Å². The Morgan fingerprint density at radius 2 is 1.96 bits per heavy atom. The number of rotatable bonds is 8. The summed E-state index contributed by atoms with van der Waals surface area (Å²) in [6, 6.07) is 18.1. The Kier molecular flexibility index (Phi) is 6.22. The molecule has 3 aromatic rings. The van der Waals surface area contributed by atoms with Crippen molar-refractivity contribution in [3.8, 4) is 5.75 Å². The third-order valence-electron chi connectivity index (χ3n) is 5.30. The number of benzene rings is 2. The second kappa shape index (κ2) is 9.20. The summed E-state index contributed by atoms with van der Waals surface area (Å²) in [6.45, 7) is 2.47. The van der Waals surface area contributed by atoms with Gasteiger partial charge < -0.3 is 9.64 Å². The number of fused-ring (bicyclic) bond motifs is 1. The molecule has 146 valence electrons. The number of aryl methyl sites for hydroxylation is 1. The summed E-state index contributed by atoms with van der Waals surface area (Å²) in [6.07, 6.45) is 4.46. The van der Waals surface area contributed by atoms with Crippen molar-refractivity contribution >= 4 is 27.5 Å². The van der Waals surface area contributed by atoms with E-state index in [1.807, 2.05) is 53.4 Å². The fourth-order valence-electron chi connectivity index (χ4n) is 3.73. The number of hydrogen-bond acceptors (Lipinski definition) is 4. The minimum Gasteiger partial charge on any atom is -0.494 e. The lowest BCUT2D eigenvalue weighted by atomic mass is 10.1. The normalized spacial score (nSPS) is 16.6. The standard InChI is InChI=1S/C23H26N2O2S/c26-23(12-6-11-22-24-20-9-4-5-10-21(20)28-22)25-15-13-18(17-25)14-16-27-19-7-2-1-3-8-19/h1-5,7-10,18H,6,11-17H2. The zero-order valence-corrected chi connectivity index (χ0v) is 16.9. The Morgan fingerprint density at radius 3 is 2.82 bits per heavy atom. The van der Waals surface area contributed by atoms with Crippen LogP contribution in [0, 0.1) is 5.92 Å². The van der Waals surface area contributed by atoms with Crippen LogP contribution in [0.25, 0.3) is 10.2 Å². The van der Waals surface area contributed by atoms with Gasteiger partial charge in [0.1, 0.15) is 5.75 Å². The molecule has 1 amide bonds. The third-order valence-corrected chi connectivity index (χ3v) is 6.39. The lowest BCUT2D eigenvalue weighted by Gasteiger charge is -2.16. The quantitative estimate of drug-likeness (QED) is 0.544. The largest absolute Gasteiger partial charge is 0.494 e. The Morgan fingerprint density at radius 1 is 1.14 bits per heavy atom. The van der Waals surface area contributed by atoms with E-state index in [-0.39, 0.29) is 5.91 Å². The van der Waals surface area contributed by atoms with Gasteiger partial charge in [-0.3, -0.25) is 4.79 Å². The molecule has 0 aliphatic carbocycles. The van der Waals surface area contributed by atoms with Crippen LogP contribution in [0.4, 0.5) is 0 Å². The molecular weight excluding hydrogens is 368 g/mol. The van der Waals surface area contributed by atoms with Crippen LogP contribution in [0.1, 0.15) is 30.7 Å². The van der Waals surface area contributed by atoms with Gasteiger partial charge in [-0.1, -0.05) is 30.3 Å². The predicted molar refractivity (Wildman–Crippen MR) is 114 cm³/mol. The summed E-state index contributed by atoms with van der Waals surface area (Å²) < 4.78 is 7.02. The van der Waals surface area contributed by atoms with Gasteiger partial charge in [0.25, 0.3) is 0 Å². The number of carbonyl (C=O) groups excluding carboxylic acids is 1. The first-order chi connectivity index (χ1) is 13.8. The Balaban J connectivity index is 1.16. The second-order valence-corrected chi connectivity index (χ2v) is 8.49. The topological polar surface area (TPSA) is 42.4 Å². The average molecular weight is 395 g/mol. The van der Waals surface area contributed by atoms with Gasteiger partial charge in [-0.15, -0.1) is 11.3 Å². The highest BCUT2D eigenvalue weighted by Crippen LogP contribution is 2.24. The SMILES string of the molecule is O=C(CCCc1nc2ccccc2s1)N1CCC(CCOc2ccccc2)C1. The maximum atomic E-state index is 12.5. The fourth-order valence-corrected chi connectivity index (χ4v) is 4.74. The molecule has 4 nitrogen and oxygen atoms in total. The second-order valence-electron chi connectivity index (χ2n) is 7.37. The molecule has 0 saturated carbocycles. The number of para-hydroxylation sites is 2. The predicted octanol–water partition coefficient (Wildman–Crippen LogP) is 4.94. The van der Waals surface area contributed by atoms with Crippen molar-refractivity contribution in [2.75, 3.05) is 19.7 Å². The highest BCUT2D eigenvalue weighted by molar-refractivity contribution is 7.18. The molecule has 2 aromatic carbocycles. The van der Waals surface area contributed by atoms with Crippen molar-refractivity contribution in [3.05, 3.63) is 59.6 Å². The van der Waals surface area contributed by atoms with Crippen molar-refractivity contribution in [2.24, 2.45) is 5.92 Å². The minimum absolute atomic E-state index is 0.285. The Hall–Kier alpha value is -2.40. The van der Waals surface area contributed by atoms with Gasteiger partial charge in [0.05, 0.1) is 21.8 Å². The van der Waals surface area contributed by atoms with E-state index in [4.69, 9.17) is 4.74 Å². The molecule has 1 aliphatic heterocycles. The molecule has 1 saturated heterocycles. The van der Waals surface area contributed by atoms with Crippen LogP contribution in [0.5, 0.6) is 5.75 Å². The summed E-state index contributed by atoms with van der Waals surface area (Å²) in [7, 11) is 0. The minimum atomic E-state index is 0.285. The smallest absolute Gasteiger partial charge is 0.222 e. The van der Waals surface area contributed by atoms with E-state index in [1.165, 1.54) is 4.70 Å². The van der Waals surface area contributed by atoms with Crippen LogP contribution in [0.15, 0.2) is 54.6 Å². The van der Waals surface area contributed by atoms with Crippen LogP contribution < -0.4 is 4.74 Å². The number of carbonyl (C=O) groups is 1. The first-order valence-corrected chi connectivity index (χ1v) is 10.9. The molecular formula is C23H26N2O2S. The fraction of sp³-hybridized carbons (Fsp3) is 0.391. The van der Waals surface area contributed by atoms with Crippen LogP contribution >= 0.6 is 11.3 Å². The van der Waals surface area contributed by atoms with E-state index in [0.29, 0.717) is 18.9 Å². The maximum Gasteiger partial charge on any atom is 0.222 e. The molecule has 1 fully saturated rings. The molecule has 0 spiro atoms. The van der Waals surface area contributed by atoms with E-state index < -0.39 is 0 Å². The average Bonchev–Trinajstić information content (AvgIpc) is 3.35. The number of nitrogens with zero attached hydrogens (tertiary/aromatic N) is 2. The summed E-state index contributed by atoms with van der Waals surface area (Å²) in [5, 5.41) is 1.13. The van der Waals surface area contributed by atoms with Crippen LogP contribution in [-0.2, 0) is 11.2 Å². The number of aromatic nitrogens is 1. The molecule has 1 atom stereocenters. The Labute approximate surface area is 170 Å². The molecule has 0 radical (unpaired) electrons. The number of amides is 1. The van der Waals surface area contributed by atoms with E-state index in [0.717, 1.165) is 55.0 Å². The molecule has 28 heavy (non-hydrogen) atoms. The first kappa shape index (κ1) is 18.9. The summed E-state index contributed by atoms with van der Waals surface area (Å²) in [5.74, 6) is 1.76. The highest BCUT2D eigenvalue weighted by Gasteiger charge is 2.25. The zero-order valence-electron chi connectivity index (χ0n) is 16.0. The lowest BCUT2D eigenvalue weighted by molar-refractivity contribution is -0.130. The molecule has 1 aromatic heterocycles. The molecule has 0 N–H and O–H groups in total. The van der Waals surface area contributed by atoms with E-state index in [2.05, 4.69) is 11.1 Å². The lowest BCUT2D eigenvalue weighted by Crippen LogP contribution is -2.28. The van der Waals surface area contributed by atoms with Gasteiger partial charge in [0.2, 0.25) is 5.91 Å².